The number of halogens is 1. The number of hydrogen-bond donors (Lipinski definition) is 1. The molecule has 21 heavy (non-hydrogen) atoms. The predicted octanol–water partition coefficient (Wildman–Crippen LogP) is 3.06. The fourth-order valence-corrected chi connectivity index (χ4v) is 4.76. The molecule has 1 aromatic carbocycles. The second kappa shape index (κ2) is 6.67. The number of sulfone groups is 1. The van der Waals surface area contributed by atoms with Crippen LogP contribution in [0.3, 0.4) is 0 Å². The standard InChI is InChI=1S/C15H22BrNO3S/c1-20-11-6-7-14(16)13(9-11)15(17)10-4-3-5-12(8-10)21(2,18)19/h6-7,9-10,12,15H,3-5,8,17H2,1-2H3. The van der Waals surface area contributed by atoms with Crippen molar-refractivity contribution in [2.45, 2.75) is 37.0 Å². The first-order valence-corrected chi connectivity index (χ1v) is 9.85. The van der Waals surface area contributed by atoms with Crippen LogP contribution in [-0.2, 0) is 9.84 Å². The van der Waals surface area contributed by atoms with Gasteiger partial charge in [-0.05, 0) is 48.9 Å². The van der Waals surface area contributed by atoms with Gasteiger partial charge in [-0.1, -0.05) is 22.4 Å². The topological polar surface area (TPSA) is 69.4 Å². The van der Waals surface area contributed by atoms with Crippen molar-refractivity contribution in [1.82, 2.24) is 0 Å². The average molecular weight is 376 g/mol. The molecule has 1 fully saturated rings. The van der Waals surface area contributed by atoms with Gasteiger partial charge in [0.25, 0.3) is 0 Å². The van der Waals surface area contributed by atoms with E-state index in [-0.39, 0.29) is 17.2 Å². The highest BCUT2D eigenvalue weighted by Gasteiger charge is 2.32. The Labute approximate surface area is 135 Å². The van der Waals surface area contributed by atoms with Gasteiger partial charge >= 0.3 is 0 Å². The van der Waals surface area contributed by atoms with E-state index < -0.39 is 9.84 Å². The Bertz CT molecular complexity index is 603. The van der Waals surface area contributed by atoms with Crippen LogP contribution in [0, 0.1) is 5.92 Å². The molecule has 0 aliphatic heterocycles. The van der Waals surface area contributed by atoms with Crippen molar-refractivity contribution in [3.05, 3.63) is 28.2 Å². The minimum atomic E-state index is -2.99. The molecule has 0 heterocycles. The Morgan fingerprint density at radius 1 is 1.38 bits per heavy atom. The molecule has 6 heteroatoms. The van der Waals surface area contributed by atoms with E-state index >= 15 is 0 Å². The van der Waals surface area contributed by atoms with Crippen LogP contribution < -0.4 is 10.5 Å². The maximum atomic E-state index is 11.8. The number of nitrogens with two attached hydrogens (primary N) is 1. The first-order chi connectivity index (χ1) is 9.82. The lowest BCUT2D eigenvalue weighted by Gasteiger charge is -2.32. The summed E-state index contributed by atoms with van der Waals surface area (Å²) in [6.45, 7) is 0. The predicted molar refractivity (Wildman–Crippen MR) is 88.2 cm³/mol. The average Bonchev–Trinajstić information content (AvgIpc) is 2.46. The minimum Gasteiger partial charge on any atom is -0.497 e. The smallest absolute Gasteiger partial charge is 0.150 e. The van der Waals surface area contributed by atoms with Crippen molar-refractivity contribution in [2.24, 2.45) is 11.7 Å². The molecule has 4 nitrogen and oxygen atoms in total. The van der Waals surface area contributed by atoms with Crippen LogP contribution in [0.2, 0.25) is 0 Å². The third kappa shape index (κ3) is 3.99. The zero-order valence-electron chi connectivity index (χ0n) is 12.4. The summed E-state index contributed by atoms with van der Waals surface area (Å²) < 4.78 is 29.8. The summed E-state index contributed by atoms with van der Waals surface area (Å²) in [7, 11) is -1.37. The summed E-state index contributed by atoms with van der Waals surface area (Å²) in [5.74, 6) is 0.945. The Balaban J connectivity index is 2.21. The molecule has 1 saturated carbocycles. The van der Waals surface area contributed by atoms with Crippen molar-refractivity contribution in [1.29, 1.82) is 0 Å². The highest BCUT2D eigenvalue weighted by Crippen LogP contribution is 2.38. The fraction of sp³-hybridized carbons (Fsp3) is 0.600. The number of benzene rings is 1. The lowest BCUT2D eigenvalue weighted by atomic mass is 9.81. The fourth-order valence-electron chi connectivity index (χ4n) is 3.05. The first kappa shape index (κ1) is 16.8. The van der Waals surface area contributed by atoms with E-state index in [1.807, 2.05) is 18.2 Å². The van der Waals surface area contributed by atoms with E-state index in [4.69, 9.17) is 10.5 Å². The Hall–Kier alpha value is -0.590. The molecule has 0 saturated heterocycles. The van der Waals surface area contributed by atoms with E-state index in [1.54, 1.807) is 7.11 Å². The first-order valence-electron chi connectivity index (χ1n) is 7.11. The molecule has 0 radical (unpaired) electrons. The molecule has 0 aromatic heterocycles. The molecule has 3 atom stereocenters. The van der Waals surface area contributed by atoms with E-state index in [0.29, 0.717) is 6.42 Å². The maximum Gasteiger partial charge on any atom is 0.150 e. The van der Waals surface area contributed by atoms with Crippen LogP contribution >= 0.6 is 15.9 Å². The third-order valence-corrected chi connectivity index (χ3v) is 6.70. The van der Waals surface area contributed by atoms with Gasteiger partial charge in [0.1, 0.15) is 15.6 Å². The van der Waals surface area contributed by atoms with Crippen LogP contribution in [0.15, 0.2) is 22.7 Å². The van der Waals surface area contributed by atoms with Gasteiger partial charge in [0.2, 0.25) is 0 Å². The normalized spacial score (nSPS) is 24.6. The lowest BCUT2D eigenvalue weighted by molar-refractivity contribution is 0.307. The van der Waals surface area contributed by atoms with Crippen LogP contribution in [0.25, 0.3) is 0 Å². The van der Waals surface area contributed by atoms with Crippen LogP contribution in [0.5, 0.6) is 5.75 Å². The summed E-state index contributed by atoms with van der Waals surface area (Å²) in [6.07, 6.45) is 4.60. The van der Waals surface area contributed by atoms with Crippen molar-refractivity contribution >= 4 is 25.8 Å². The molecule has 2 rings (SSSR count). The number of ether oxygens (including phenoxy) is 1. The molecule has 0 amide bonds. The Morgan fingerprint density at radius 2 is 2.10 bits per heavy atom. The maximum absolute atomic E-state index is 11.8. The third-order valence-electron chi connectivity index (χ3n) is 4.34. The van der Waals surface area contributed by atoms with Gasteiger partial charge in [-0.25, -0.2) is 8.42 Å². The molecule has 118 valence electrons. The summed E-state index contributed by atoms with van der Waals surface area (Å²) in [5.41, 5.74) is 7.40. The highest BCUT2D eigenvalue weighted by molar-refractivity contribution is 9.10. The van der Waals surface area contributed by atoms with Crippen molar-refractivity contribution in [3.63, 3.8) is 0 Å². The molecule has 1 aromatic rings. The number of methoxy groups -OCH3 is 1. The number of hydrogen-bond acceptors (Lipinski definition) is 4. The minimum absolute atomic E-state index is 0.181. The van der Waals surface area contributed by atoms with E-state index in [0.717, 1.165) is 35.0 Å². The molecule has 1 aliphatic rings. The van der Waals surface area contributed by atoms with E-state index in [2.05, 4.69) is 15.9 Å². The van der Waals surface area contributed by atoms with Crippen LogP contribution in [-0.4, -0.2) is 27.0 Å². The van der Waals surface area contributed by atoms with E-state index in [9.17, 15) is 8.42 Å². The summed E-state index contributed by atoms with van der Waals surface area (Å²) >= 11 is 3.53. The summed E-state index contributed by atoms with van der Waals surface area (Å²) in [5, 5.41) is -0.258. The van der Waals surface area contributed by atoms with Crippen molar-refractivity contribution in [2.75, 3.05) is 13.4 Å². The van der Waals surface area contributed by atoms with Crippen molar-refractivity contribution in [3.8, 4) is 5.75 Å². The quantitative estimate of drug-likeness (QED) is 0.877. The molecular formula is C15H22BrNO3S. The lowest BCUT2D eigenvalue weighted by Crippen LogP contribution is -2.33. The molecule has 0 bridgehead atoms. The van der Waals surface area contributed by atoms with Gasteiger partial charge in [0.05, 0.1) is 12.4 Å². The molecule has 3 unspecified atom stereocenters. The molecular weight excluding hydrogens is 354 g/mol. The summed E-state index contributed by atoms with van der Waals surface area (Å²) in [4.78, 5) is 0. The van der Waals surface area contributed by atoms with Gasteiger partial charge in [0, 0.05) is 16.8 Å². The van der Waals surface area contributed by atoms with Gasteiger partial charge in [0.15, 0.2) is 0 Å². The Kier molecular flexibility index (Phi) is 5.33. The Morgan fingerprint density at radius 3 is 2.71 bits per heavy atom. The second-order valence-electron chi connectivity index (χ2n) is 5.79. The summed E-state index contributed by atoms with van der Waals surface area (Å²) in [6, 6.07) is 5.54. The molecule has 2 N–H and O–H groups in total. The van der Waals surface area contributed by atoms with Gasteiger partial charge < -0.3 is 10.5 Å². The molecule has 0 spiro atoms. The largest absolute Gasteiger partial charge is 0.497 e. The monoisotopic (exact) mass is 375 g/mol. The second-order valence-corrected chi connectivity index (χ2v) is 8.97. The zero-order chi connectivity index (χ0) is 15.6. The van der Waals surface area contributed by atoms with E-state index in [1.165, 1.54) is 6.26 Å². The van der Waals surface area contributed by atoms with Gasteiger partial charge in [-0.15, -0.1) is 0 Å². The van der Waals surface area contributed by atoms with Gasteiger partial charge in [-0.2, -0.15) is 0 Å². The molecule has 1 aliphatic carbocycles. The van der Waals surface area contributed by atoms with Crippen molar-refractivity contribution < 1.29 is 13.2 Å². The van der Waals surface area contributed by atoms with Crippen LogP contribution in [0.4, 0.5) is 0 Å². The highest BCUT2D eigenvalue weighted by atomic mass is 79.9. The number of rotatable bonds is 4. The SMILES string of the molecule is COc1ccc(Br)c(C(N)C2CCCC(S(C)(=O)=O)C2)c1. The van der Waals surface area contributed by atoms with Gasteiger partial charge in [-0.3, -0.25) is 0 Å². The van der Waals surface area contributed by atoms with Crippen LogP contribution in [0.1, 0.15) is 37.3 Å². The zero-order valence-corrected chi connectivity index (χ0v) is 14.8.